The van der Waals surface area contributed by atoms with Gasteiger partial charge in [-0.25, -0.2) is 0 Å². The van der Waals surface area contributed by atoms with Crippen molar-refractivity contribution in [2.45, 2.75) is 38.5 Å². The minimum absolute atomic E-state index is 0.196. The summed E-state index contributed by atoms with van der Waals surface area (Å²) < 4.78 is 0. The fourth-order valence-electron chi connectivity index (χ4n) is 3.15. The first-order chi connectivity index (χ1) is 12.0. The minimum atomic E-state index is -0.515. The van der Waals surface area contributed by atoms with Crippen LogP contribution < -0.4 is 11.1 Å². The third-order valence-corrected chi connectivity index (χ3v) is 6.17. The number of aryl methyl sites for hydroxylation is 1. The van der Waals surface area contributed by atoms with Gasteiger partial charge >= 0.3 is 0 Å². The zero-order valence-corrected chi connectivity index (χ0v) is 15.9. The molecule has 1 aromatic heterocycles. The molecule has 0 aliphatic heterocycles. The molecule has 1 aliphatic rings. The van der Waals surface area contributed by atoms with Gasteiger partial charge in [-0.15, -0.1) is 11.3 Å². The number of hydrogen-bond donors (Lipinski definition) is 2. The quantitative estimate of drug-likeness (QED) is 0.760. The largest absolute Gasteiger partial charge is 0.365 e. The second-order valence-electron chi connectivity index (χ2n) is 6.04. The number of amides is 2. The van der Waals surface area contributed by atoms with Crippen LogP contribution in [-0.2, 0) is 12.8 Å². The lowest BCUT2D eigenvalue weighted by Crippen LogP contribution is -2.18. The SMILES string of the molecule is NC(=O)c1c(NC(=O)c2c(Cl)cccc2Cl)sc2c1CCCCCC2. The summed E-state index contributed by atoms with van der Waals surface area (Å²) in [5.41, 5.74) is 7.22. The molecular weight excluding hydrogens is 379 g/mol. The Labute approximate surface area is 160 Å². The fourth-order valence-corrected chi connectivity index (χ4v) is 5.01. The average Bonchev–Trinajstić information content (AvgIpc) is 2.83. The van der Waals surface area contributed by atoms with Crippen LogP contribution in [0.25, 0.3) is 0 Å². The van der Waals surface area contributed by atoms with E-state index < -0.39 is 11.8 Å². The second-order valence-corrected chi connectivity index (χ2v) is 7.96. The van der Waals surface area contributed by atoms with Crippen molar-refractivity contribution in [3.8, 4) is 0 Å². The Bertz CT molecular complexity index is 812. The van der Waals surface area contributed by atoms with E-state index in [-0.39, 0.29) is 15.6 Å². The van der Waals surface area contributed by atoms with Crippen LogP contribution in [-0.4, -0.2) is 11.8 Å². The highest BCUT2D eigenvalue weighted by molar-refractivity contribution is 7.17. The average molecular weight is 397 g/mol. The van der Waals surface area contributed by atoms with Gasteiger partial charge in [0.15, 0.2) is 0 Å². The first-order valence-corrected chi connectivity index (χ1v) is 9.76. The summed E-state index contributed by atoms with van der Waals surface area (Å²) in [5, 5.41) is 3.81. The number of anilines is 1. The van der Waals surface area contributed by atoms with Crippen LogP contribution in [0, 0.1) is 0 Å². The molecular formula is C18H18Cl2N2O2S. The van der Waals surface area contributed by atoms with Crippen LogP contribution in [0.5, 0.6) is 0 Å². The molecule has 0 unspecified atom stereocenters. The topological polar surface area (TPSA) is 72.2 Å². The molecule has 3 rings (SSSR count). The number of primary amides is 1. The number of nitrogens with one attached hydrogen (secondary N) is 1. The fraction of sp³-hybridized carbons (Fsp3) is 0.333. The number of nitrogens with two attached hydrogens (primary N) is 1. The van der Waals surface area contributed by atoms with Crippen molar-refractivity contribution in [1.29, 1.82) is 0 Å². The van der Waals surface area contributed by atoms with Crippen LogP contribution in [0.3, 0.4) is 0 Å². The molecule has 132 valence electrons. The summed E-state index contributed by atoms with van der Waals surface area (Å²) in [6.07, 6.45) is 6.14. The molecule has 0 saturated heterocycles. The van der Waals surface area contributed by atoms with Crippen molar-refractivity contribution in [3.05, 3.63) is 49.8 Å². The van der Waals surface area contributed by atoms with E-state index in [2.05, 4.69) is 5.32 Å². The zero-order valence-electron chi connectivity index (χ0n) is 13.5. The molecule has 4 nitrogen and oxygen atoms in total. The van der Waals surface area contributed by atoms with Gasteiger partial charge < -0.3 is 11.1 Å². The van der Waals surface area contributed by atoms with Gasteiger partial charge in [0.05, 0.1) is 21.2 Å². The van der Waals surface area contributed by atoms with E-state index in [0.717, 1.165) is 42.5 Å². The third kappa shape index (κ3) is 3.84. The first-order valence-electron chi connectivity index (χ1n) is 8.18. The van der Waals surface area contributed by atoms with Gasteiger partial charge in [-0.05, 0) is 43.4 Å². The number of fused-ring (bicyclic) bond motifs is 1. The van der Waals surface area contributed by atoms with Crippen molar-refractivity contribution in [2.75, 3.05) is 5.32 Å². The molecule has 0 fully saturated rings. The van der Waals surface area contributed by atoms with Crippen molar-refractivity contribution in [1.82, 2.24) is 0 Å². The molecule has 1 aromatic carbocycles. The summed E-state index contributed by atoms with van der Waals surface area (Å²) in [5.74, 6) is -0.953. The standard InChI is InChI=1S/C18H18Cl2N2O2S/c19-11-7-5-8-12(20)15(11)17(24)22-18-14(16(21)23)10-6-3-1-2-4-9-13(10)25-18/h5,7-8H,1-4,6,9H2,(H2,21,23)(H,22,24). The van der Waals surface area contributed by atoms with Gasteiger partial charge in [-0.1, -0.05) is 42.1 Å². The van der Waals surface area contributed by atoms with Crippen LogP contribution >= 0.6 is 34.5 Å². The van der Waals surface area contributed by atoms with E-state index in [1.54, 1.807) is 18.2 Å². The van der Waals surface area contributed by atoms with E-state index in [0.29, 0.717) is 10.6 Å². The molecule has 0 spiro atoms. The van der Waals surface area contributed by atoms with Gasteiger partial charge in [-0.3, -0.25) is 9.59 Å². The van der Waals surface area contributed by atoms with E-state index in [1.807, 2.05) is 0 Å². The molecule has 25 heavy (non-hydrogen) atoms. The number of hydrogen-bond acceptors (Lipinski definition) is 3. The maximum absolute atomic E-state index is 12.7. The number of benzene rings is 1. The predicted octanol–water partition coefficient (Wildman–Crippen LogP) is 5.07. The third-order valence-electron chi connectivity index (χ3n) is 4.33. The lowest BCUT2D eigenvalue weighted by atomic mass is 9.96. The first kappa shape index (κ1) is 18.2. The number of halogens is 2. The highest BCUT2D eigenvalue weighted by atomic mass is 35.5. The van der Waals surface area contributed by atoms with Crippen molar-refractivity contribution >= 4 is 51.4 Å². The molecule has 2 amide bonds. The summed E-state index contributed by atoms with van der Waals surface area (Å²) in [6.45, 7) is 0. The molecule has 3 N–H and O–H groups in total. The molecule has 7 heteroatoms. The summed E-state index contributed by atoms with van der Waals surface area (Å²) >= 11 is 13.6. The lowest BCUT2D eigenvalue weighted by Gasteiger charge is -2.10. The smallest absolute Gasteiger partial charge is 0.259 e. The van der Waals surface area contributed by atoms with E-state index in [4.69, 9.17) is 28.9 Å². The Morgan fingerprint density at radius 3 is 2.28 bits per heavy atom. The maximum atomic E-state index is 12.7. The van der Waals surface area contributed by atoms with E-state index in [1.165, 1.54) is 17.8 Å². The molecule has 1 aliphatic carbocycles. The number of carbonyl (C=O) groups is 2. The Morgan fingerprint density at radius 2 is 1.64 bits per heavy atom. The van der Waals surface area contributed by atoms with Gasteiger partial charge in [0.2, 0.25) is 0 Å². The number of thiophene rings is 1. The predicted molar refractivity (Wildman–Crippen MR) is 103 cm³/mol. The Kier molecular flexibility index (Phi) is 5.67. The van der Waals surface area contributed by atoms with Gasteiger partial charge in [-0.2, -0.15) is 0 Å². The monoisotopic (exact) mass is 396 g/mol. The van der Waals surface area contributed by atoms with Gasteiger partial charge in [0.1, 0.15) is 5.00 Å². The molecule has 0 atom stereocenters. The van der Waals surface area contributed by atoms with E-state index in [9.17, 15) is 9.59 Å². The van der Waals surface area contributed by atoms with Gasteiger partial charge in [0, 0.05) is 4.88 Å². The lowest BCUT2D eigenvalue weighted by molar-refractivity contribution is 0.100. The number of carbonyl (C=O) groups excluding carboxylic acids is 2. The van der Waals surface area contributed by atoms with Crippen LogP contribution in [0.15, 0.2) is 18.2 Å². The van der Waals surface area contributed by atoms with Gasteiger partial charge in [0.25, 0.3) is 11.8 Å². The maximum Gasteiger partial charge on any atom is 0.259 e. The Morgan fingerprint density at radius 1 is 1.00 bits per heavy atom. The van der Waals surface area contributed by atoms with Crippen LogP contribution in [0.2, 0.25) is 10.0 Å². The highest BCUT2D eigenvalue weighted by Gasteiger charge is 2.25. The zero-order chi connectivity index (χ0) is 18.0. The van der Waals surface area contributed by atoms with Crippen LogP contribution in [0.4, 0.5) is 5.00 Å². The minimum Gasteiger partial charge on any atom is -0.365 e. The number of rotatable bonds is 3. The molecule has 0 saturated carbocycles. The molecule has 1 heterocycles. The van der Waals surface area contributed by atoms with E-state index >= 15 is 0 Å². The molecule has 0 bridgehead atoms. The van der Waals surface area contributed by atoms with Crippen molar-refractivity contribution < 1.29 is 9.59 Å². The molecule has 2 aromatic rings. The molecule has 0 radical (unpaired) electrons. The van der Waals surface area contributed by atoms with Crippen molar-refractivity contribution in [3.63, 3.8) is 0 Å². The summed E-state index contributed by atoms with van der Waals surface area (Å²) in [6, 6.07) is 4.88. The van der Waals surface area contributed by atoms with Crippen molar-refractivity contribution in [2.24, 2.45) is 5.73 Å². The normalized spacial score (nSPS) is 14.3. The van der Waals surface area contributed by atoms with Crippen LogP contribution in [0.1, 0.15) is 56.8 Å². The summed E-state index contributed by atoms with van der Waals surface area (Å²) in [4.78, 5) is 25.8. The summed E-state index contributed by atoms with van der Waals surface area (Å²) in [7, 11) is 0. The Balaban J connectivity index is 1.98. The second kappa shape index (κ2) is 7.77. The Hall–Kier alpha value is -1.56. The highest BCUT2D eigenvalue weighted by Crippen LogP contribution is 2.37.